The highest BCUT2D eigenvalue weighted by Crippen LogP contribution is 2.28. The van der Waals surface area contributed by atoms with Crippen molar-refractivity contribution in [3.63, 3.8) is 0 Å². The number of aromatic nitrogens is 4. The Morgan fingerprint density at radius 2 is 1.85 bits per heavy atom. The summed E-state index contributed by atoms with van der Waals surface area (Å²) in [5.74, 6) is -0.0810. The van der Waals surface area contributed by atoms with Crippen molar-refractivity contribution < 1.29 is 9.21 Å². The maximum Gasteiger partial charge on any atom is 0.253 e. The highest BCUT2D eigenvalue weighted by Gasteiger charge is 2.23. The molecule has 33 heavy (non-hydrogen) atoms. The highest BCUT2D eigenvalue weighted by molar-refractivity contribution is 5.94. The van der Waals surface area contributed by atoms with Crippen LogP contribution < -0.4 is 10.7 Å². The van der Waals surface area contributed by atoms with Gasteiger partial charge in [0.15, 0.2) is 5.43 Å². The minimum absolute atomic E-state index is 0.0269. The van der Waals surface area contributed by atoms with Gasteiger partial charge in [0.2, 0.25) is 5.89 Å². The third kappa shape index (κ3) is 3.78. The molecule has 1 N–H and O–H groups in total. The van der Waals surface area contributed by atoms with Crippen molar-refractivity contribution in [2.24, 2.45) is 0 Å². The number of nitrogens with one attached hydrogen (secondary N) is 1. The molecule has 0 bridgehead atoms. The van der Waals surface area contributed by atoms with E-state index in [0.29, 0.717) is 27.9 Å². The van der Waals surface area contributed by atoms with Gasteiger partial charge in [-0.2, -0.15) is 0 Å². The lowest BCUT2D eigenvalue weighted by Crippen LogP contribution is -2.28. The van der Waals surface area contributed by atoms with E-state index in [4.69, 9.17) is 4.42 Å². The van der Waals surface area contributed by atoms with Gasteiger partial charge in [0.25, 0.3) is 5.91 Å². The van der Waals surface area contributed by atoms with Crippen molar-refractivity contribution in [3.05, 3.63) is 106 Å². The number of carbonyl (C=O) groups excluding carboxylic acids is 1. The molecule has 0 aliphatic heterocycles. The Hall–Kier alpha value is -4.59. The molecule has 0 aliphatic carbocycles. The molecule has 0 saturated heterocycles. The number of aryl methyl sites for hydroxylation is 1. The van der Waals surface area contributed by atoms with Gasteiger partial charge in [-0.1, -0.05) is 18.2 Å². The van der Waals surface area contributed by atoms with Crippen molar-refractivity contribution >= 4 is 16.9 Å². The van der Waals surface area contributed by atoms with Crippen LogP contribution in [0.25, 0.3) is 28.3 Å². The van der Waals surface area contributed by atoms with E-state index in [1.165, 1.54) is 18.7 Å². The molecule has 8 nitrogen and oxygen atoms in total. The van der Waals surface area contributed by atoms with Crippen LogP contribution >= 0.6 is 0 Å². The first kappa shape index (κ1) is 20.3. The summed E-state index contributed by atoms with van der Waals surface area (Å²) in [4.78, 5) is 39.2. The quantitative estimate of drug-likeness (QED) is 0.450. The molecule has 0 atom stereocenters. The molecule has 8 heteroatoms. The number of amides is 1. The summed E-state index contributed by atoms with van der Waals surface area (Å²) in [7, 11) is 0. The summed E-state index contributed by atoms with van der Waals surface area (Å²) >= 11 is 0. The van der Waals surface area contributed by atoms with Crippen LogP contribution in [0.5, 0.6) is 0 Å². The minimum Gasteiger partial charge on any atom is -0.443 e. The molecule has 0 radical (unpaired) electrons. The van der Waals surface area contributed by atoms with Gasteiger partial charge in [-0.05, 0) is 43.3 Å². The average molecular weight is 437 g/mol. The Morgan fingerprint density at radius 3 is 2.58 bits per heavy atom. The Bertz CT molecular complexity index is 1490. The standard InChI is InChI=1S/C25H19N5O3/c1-16-9-10-17(14-28-16)24(32)29-15-20-21(25-27-12-13-33-25)30(18-6-3-2-4-7-18)23-19(22(20)31)8-5-11-26-23/h2-14H,15H2,1H3,(H,29,32). The second-order valence-electron chi connectivity index (χ2n) is 7.41. The van der Waals surface area contributed by atoms with Crippen LogP contribution in [0.3, 0.4) is 0 Å². The van der Waals surface area contributed by atoms with Crippen LogP contribution in [0.15, 0.2) is 88.7 Å². The van der Waals surface area contributed by atoms with Gasteiger partial charge in [-0.25, -0.2) is 9.97 Å². The van der Waals surface area contributed by atoms with E-state index in [0.717, 1.165) is 11.4 Å². The SMILES string of the molecule is Cc1ccc(C(=O)NCc2c(-c3ncco3)n(-c3ccccc3)c3ncccc3c2=O)cn1. The van der Waals surface area contributed by atoms with E-state index in [1.807, 2.05) is 41.8 Å². The zero-order chi connectivity index (χ0) is 22.8. The van der Waals surface area contributed by atoms with Crippen LogP contribution in [0, 0.1) is 6.92 Å². The number of fused-ring (bicyclic) bond motifs is 1. The summed E-state index contributed by atoms with van der Waals surface area (Å²) in [6.45, 7) is 1.82. The molecule has 0 saturated carbocycles. The zero-order valence-corrected chi connectivity index (χ0v) is 17.7. The highest BCUT2D eigenvalue weighted by atomic mass is 16.3. The number of nitrogens with zero attached hydrogens (tertiary/aromatic N) is 4. The molecule has 1 aromatic carbocycles. The van der Waals surface area contributed by atoms with Gasteiger partial charge in [0, 0.05) is 35.9 Å². The van der Waals surface area contributed by atoms with Crippen molar-refractivity contribution in [3.8, 4) is 17.3 Å². The lowest BCUT2D eigenvalue weighted by Gasteiger charge is -2.18. The van der Waals surface area contributed by atoms with E-state index in [-0.39, 0.29) is 23.8 Å². The first-order chi connectivity index (χ1) is 16.1. The van der Waals surface area contributed by atoms with Crippen LogP contribution in [0.1, 0.15) is 21.6 Å². The van der Waals surface area contributed by atoms with Crippen LogP contribution in [0.4, 0.5) is 0 Å². The van der Waals surface area contributed by atoms with E-state index < -0.39 is 0 Å². The molecule has 0 aliphatic rings. The Morgan fingerprint density at radius 1 is 1.00 bits per heavy atom. The smallest absolute Gasteiger partial charge is 0.253 e. The molecular formula is C25H19N5O3. The Balaban J connectivity index is 1.70. The maximum atomic E-state index is 13.5. The fourth-order valence-electron chi connectivity index (χ4n) is 3.69. The van der Waals surface area contributed by atoms with E-state index in [9.17, 15) is 9.59 Å². The fraction of sp³-hybridized carbons (Fsp3) is 0.0800. The first-order valence-corrected chi connectivity index (χ1v) is 10.3. The molecule has 0 unspecified atom stereocenters. The summed E-state index contributed by atoms with van der Waals surface area (Å²) in [5.41, 5.74) is 3.00. The van der Waals surface area contributed by atoms with Crippen LogP contribution in [-0.2, 0) is 6.54 Å². The molecule has 4 heterocycles. The van der Waals surface area contributed by atoms with Crippen LogP contribution in [0.2, 0.25) is 0 Å². The second-order valence-corrected chi connectivity index (χ2v) is 7.41. The normalized spacial score (nSPS) is 10.9. The molecule has 5 aromatic rings. The largest absolute Gasteiger partial charge is 0.443 e. The molecule has 4 aromatic heterocycles. The van der Waals surface area contributed by atoms with Crippen molar-refractivity contribution in [2.45, 2.75) is 13.5 Å². The molecule has 0 spiro atoms. The van der Waals surface area contributed by atoms with Gasteiger partial charge in [0.1, 0.15) is 17.6 Å². The predicted octanol–water partition coefficient (Wildman–Crippen LogP) is 3.67. The average Bonchev–Trinajstić information content (AvgIpc) is 3.39. The Labute approximate surface area is 188 Å². The van der Waals surface area contributed by atoms with Gasteiger partial charge in [-0.3, -0.25) is 19.1 Å². The summed E-state index contributed by atoms with van der Waals surface area (Å²) in [6, 6.07) is 16.4. The minimum atomic E-state index is -0.335. The van der Waals surface area contributed by atoms with Crippen molar-refractivity contribution in [2.75, 3.05) is 0 Å². The molecule has 0 fully saturated rings. The van der Waals surface area contributed by atoms with Gasteiger partial charge >= 0.3 is 0 Å². The summed E-state index contributed by atoms with van der Waals surface area (Å²) in [6.07, 6.45) is 6.09. The number of hydrogen-bond donors (Lipinski definition) is 1. The van der Waals surface area contributed by atoms with E-state index in [2.05, 4.69) is 20.3 Å². The molecule has 5 rings (SSSR count). The van der Waals surface area contributed by atoms with Crippen molar-refractivity contribution in [1.29, 1.82) is 0 Å². The third-order valence-corrected chi connectivity index (χ3v) is 5.28. The van der Waals surface area contributed by atoms with Gasteiger partial charge < -0.3 is 9.73 Å². The van der Waals surface area contributed by atoms with Gasteiger partial charge in [-0.15, -0.1) is 0 Å². The molecule has 1 amide bonds. The number of para-hydroxylation sites is 1. The number of hydrogen-bond acceptors (Lipinski definition) is 6. The molecule has 162 valence electrons. The van der Waals surface area contributed by atoms with Crippen molar-refractivity contribution in [1.82, 2.24) is 24.8 Å². The van der Waals surface area contributed by atoms with Crippen LogP contribution in [-0.4, -0.2) is 25.4 Å². The monoisotopic (exact) mass is 437 g/mol. The number of oxazole rings is 1. The fourth-order valence-corrected chi connectivity index (χ4v) is 3.69. The Kier molecular flexibility index (Phi) is 5.24. The molecular weight excluding hydrogens is 418 g/mol. The lowest BCUT2D eigenvalue weighted by atomic mass is 10.1. The number of carbonyl (C=O) groups is 1. The lowest BCUT2D eigenvalue weighted by molar-refractivity contribution is 0.0950. The number of pyridine rings is 3. The van der Waals surface area contributed by atoms with Gasteiger partial charge in [0.05, 0.1) is 17.1 Å². The second kappa shape index (κ2) is 8.51. The summed E-state index contributed by atoms with van der Waals surface area (Å²) in [5, 5.41) is 3.27. The zero-order valence-electron chi connectivity index (χ0n) is 17.7. The summed E-state index contributed by atoms with van der Waals surface area (Å²) < 4.78 is 7.44. The number of benzene rings is 1. The predicted molar refractivity (Wildman–Crippen MR) is 123 cm³/mol. The van der Waals surface area contributed by atoms with E-state index >= 15 is 0 Å². The van der Waals surface area contributed by atoms with E-state index in [1.54, 1.807) is 30.5 Å². The topological polar surface area (TPSA) is 103 Å². The third-order valence-electron chi connectivity index (χ3n) is 5.28. The number of rotatable bonds is 5. The maximum absolute atomic E-state index is 13.5. The first-order valence-electron chi connectivity index (χ1n) is 10.3.